The fourth-order valence-corrected chi connectivity index (χ4v) is 2.43. The zero-order chi connectivity index (χ0) is 18.1. The van der Waals surface area contributed by atoms with Crippen LogP contribution in [0.4, 0.5) is 5.69 Å². The monoisotopic (exact) mass is 340 g/mol. The predicted octanol–water partition coefficient (Wildman–Crippen LogP) is 3.58. The molecule has 1 N–H and O–H groups in total. The van der Waals surface area contributed by atoms with E-state index >= 15 is 0 Å². The van der Waals surface area contributed by atoms with Gasteiger partial charge in [-0.3, -0.25) is 9.59 Å². The Morgan fingerprint density at radius 1 is 1.00 bits per heavy atom. The molecule has 0 aliphatic rings. The van der Waals surface area contributed by atoms with E-state index in [9.17, 15) is 9.59 Å². The SMILES string of the molecule is CCN(CC)C(=O)c1cccc(NC(=O)CCOc2ccccc2)c1. The molecule has 2 amide bonds. The summed E-state index contributed by atoms with van der Waals surface area (Å²) in [4.78, 5) is 26.2. The van der Waals surface area contributed by atoms with Crippen LogP contribution in [0, 0.1) is 0 Å². The first kappa shape index (κ1) is 18.5. The van der Waals surface area contributed by atoms with Crippen LogP contribution >= 0.6 is 0 Å². The Balaban J connectivity index is 1.88. The molecule has 0 radical (unpaired) electrons. The van der Waals surface area contributed by atoms with Gasteiger partial charge in [0, 0.05) is 24.3 Å². The first-order valence-corrected chi connectivity index (χ1v) is 8.51. The van der Waals surface area contributed by atoms with Crippen LogP contribution in [0.2, 0.25) is 0 Å². The molecule has 25 heavy (non-hydrogen) atoms. The van der Waals surface area contributed by atoms with Crippen LogP contribution in [0.15, 0.2) is 54.6 Å². The third-order valence-corrected chi connectivity index (χ3v) is 3.78. The zero-order valence-corrected chi connectivity index (χ0v) is 14.7. The quantitative estimate of drug-likeness (QED) is 0.799. The molecule has 0 spiro atoms. The molecule has 0 aliphatic heterocycles. The molecule has 0 bridgehead atoms. The van der Waals surface area contributed by atoms with E-state index < -0.39 is 0 Å². The molecule has 5 heteroatoms. The molecule has 0 fully saturated rings. The number of ether oxygens (including phenoxy) is 1. The Hall–Kier alpha value is -2.82. The van der Waals surface area contributed by atoms with Crippen LogP contribution in [0.5, 0.6) is 5.75 Å². The first-order chi connectivity index (χ1) is 12.1. The molecule has 132 valence electrons. The minimum atomic E-state index is -0.150. The lowest BCUT2D eigenvalue weighted by Gasteiger charge is -2.19. The molecule has 0 heterocycles. The van der Waals surface area contributed by atoms with E-state index in [4.69, 9.17) is 4.74 Å². The summed E-state index contributed by atoms with van der Waals surface area (Å²) >= 11 is 0. The Kier molecular flexibility index (Phi) is 7.01. The van der Waals surface area contributed by atoms with Crippen molar-refractivity contribution in [2.45, 2.75) is 20.3 Å². The maximum Gasteiger partial charge on any atom is 0.253 e. The maximum atomic E-state index is 12.4. The van der Waals surface area contributed by atoms with Gasteiger partial charge in [-0.05, 0) is 44.2 Å². The molecule has 0 unspecified atom stereocenters. The summed E-state index contributed by atoms with van der Waals surface area (Å²) in [6.45, 7) is 5.50. The Bertz CT molecular complexity index is 697. The van der Waals surface area contributed by atoms with Crippen LogP contribution in [0.25, 0.3) is 0 Å². The number of carbonyl (C=O) groups excluding carboxylic acids is 2. The molecule has 0 saturated heterocycles. The summed E-state index contributed by atoms with van der Waals surface area (Å²) in [6, 6.07) is 16.4. The molecule has 2 rings (SSSR count). The molecule has 5 nitrogen and oxygen atoms in total. The maximum absolute atomic E-state index is 12.4. The lowest BCUT2D eigenvalue weighted by atomic mass is 10.1. The lowest BCUT2D eigenvalue weighted by molar-refractivity contribution is -0.116. The Morgan fingerprint density at radius 2 is 1.72 bits per heavy atom. The molecular weight excluding hydrogens is 316 g/mol. The van der Waals surface area contributed by atoms with Crippen molar-refractivity contribution in [3.8, 4) is 5.75 Å². The Morgan fingerprint density at radius 3 is 2.40 bits per heavy atom. The first-order valence-electron chi connectivity index (χ1n) is 8.51. The third-order valence-electron chi connectivity index (χ3n) is 3.78. The third kappa shape index (κ3) is 5.64. The van der Waals surface area contributed by atoms with Gasteiger partial charge in [-0.25, -0.2) is 0 Å². The van der Waals surface area contributed by atoms with Gasteiger partial charge in [0.05, 0.1) is 13.0 Å². The van der Waals surface area contributed by atoms with Gasteiger partial charge in [-0.2, -0.15) is 0 Å². The highest BCUT2D eigenvalue weighted by atomic mass is 16.5. The van der Waals surface area contributed by atoms with Crippen molar-refractivity contribution in [1.29, 1.82) is 0 Å². The van der Waals surface area contributed by atoms with Crippen molar-refractivity contribution in [3.05, 3.63) is 60.2 Å². The summed E-state index contributed by atoms with van der Waals surface area (Å²) in [5.74, 6) is 0.555. The molecule has 0 saturated carbocycles. The molecule has 0 aromatic heterocycles. The van der Waals surface area contributed by atoms with Gasteiger partial charge in [-0.1, -0.05) is 24.3 Å². The number of hydrogen-bond donors (Lipinski definition) is 1. The van der Waals surface area contributed by atoms with Crippen molar-refractivity contribution in [2.24, 2.45) is 0 Å². The number of hydrogen-bond acceptors (Lipinski definition) is 3. The standard InChI is InChI=1S/C20H24N2O3/c1-3-22(4-2)20(24)16-9-8-10-17(15-16)21-19(23)13-14-25-18-11-6-5-7-12-18/h5-12,15H,3-4,13-14H2,1-2H3,(H,21,23). The highest BCUT2D eigenvalue weighted by Gasteiger charge is 2.13. The molecular formula is C20H24N2O3. The molecule has 0 atom stereocenters. The highest BCUT2D eigenvalue weighted by molar-refractivity contribution is 5.97. The fraction of sp³-hybridized carbons (Fsp3) is 0.300. The normalized spacial score (nSPS) is 10.2. The average Bonchev–Trinajstić information content (AvgIpc) is 2.63. The van der Waals surface area contributed by atoms with Crippen LogP contribution in [0.3, 0.4) is 0 Å². The summed E-state index contributed by atoms with van der Waals surface area (Å²) in [6.07, 6.45) is 0.239. The van der Waals surface area contributed by atoms with E-state index in [1.165, 1.54) is 0 Å². The number of carbonyl (C=O) groups is 2. The van der Waals surface area contributed by atoms with Crippen LogP contribution in [-0.2, 0) is 4.79 Å². The summed E-state index contributed by atoms with van der Waals surface area (Å²) < 4.78 is 5.52. The number of rotatable bonds is 8. The van der Waals surface area contributed by atoms with Crippen molar-refractivity contribution >= 4 is 17.5 Å². The van der Waals surface area contributed by atoms with E-state index in [0.717, 1.165) is 5.75 Å². The van der Waals surface area contributed by atoms with Crippen LogP contribution < -0.4 is 10.1 Å². The van der Waals surface area contributed by atoms with Gasteiger partial charge in [0.2, 0.25) is 5.91 Å². The molecule has 0 aliphatic carbocycles. The van der Waals surface area contributed by atoms with Gasteiger partial charge >= 0.3 is 0 Å². The Labute approximate surface area is 148 Å². The highest BCUT2D eigenvalue weighted by Crippen LogP contribution is 2.14. The van der Waals surface area contributed by atoms with E-state index in [1.54, 1.807) is 29.2 Å². The van der Waals surface area contributed by atoms with Gasteiger partial charge in [0.15, 0.2) is 0 Å². The second-order valence-electron chi connectivity index (χ2n) is 5.52. The van der Waals surface area contributed by atoms with Crippen molar-refractivity contribution < 1.29 is 14.3 Å². The zero-order valence-electron chi connectivity index (χ0n) is 14.7. The van der Waals surface area contributed by atoms with Crippen molar-refractivity contribution in [3.63, 3.8) is 0 Å². The van der Waals surface area contributed by atoms with Crippen molar-refractivity contribution in [2.75, 3.05) is 25.0 Å². The topological polar surface area (TPSA) is 58.6 Å². The largest absolute Gasteiger partial charge is 0.493 e. The van der Waals surface area contributed by atoms with Gasteiger partial charge < -0.3 is 15.0 Å². The molecule has 2 aromatic carbocycles. The number of anilines is 1. The fourth-order valence-electron chi connectivity index (χ4n) is 2.43. The number of nitrogens with one attached hydrogen (secondary N) is 1. The predicted molar refractivity (Wildman–Crippen MR) is 98.9 cm³/mol. The van der Waals surface area contributed by atoms with E-state index in [1.807, 2.05) is 44.2 Å². The second kappa shape index (κ2) is 9.47. The van der Waals surface area contributed by atoms with Gasteiger partial charge in [-0.15, -0.1) is 0 Å². The minimum absolute atomic E-state index is 0.0338. The van der Waals surface area contributed by atoms with E-state index in [2.05, 4.69) is 5.32 Å². The lowest BCUT2D eigenvalue weighted by Crippen LogP contribution is -2.30. The number of para-hydroxylation sites is 1. The van der Waals surface area contributed by atoms with Gasteiger partial charge in [0.1, 0.15) is 5.75 Å². The van der Waals surface area contributed by atoms with Crippen LogP contribution in [0.1, 0.15) is 30.6 Å². The summed E-state index contributed by atoms with van der Waals surface area (Å²) in [5.41, 5.74) is 1.18. The number of benzene rings is 2. The van der Waals surface area contributed by atoms with E-state index in [-0.39, 0.29) is 18.2 Å². The minimum Gasteiger partial charge on any atom is -0.493 e. The second-order valence-corrected chi connectivity index (χ2v) is 5.52. The molecule has 2 aromatic rings. The van der Waals surface area contributed by atoms with E-state index in [0.29, 0.717) is 30.9 Å². The summed E-state index contributed by atoms with van der Waals surface area (Å²) in [5, 5.41) is 2.81. The van der Waals surface area contributed by atoms with Gasteiger partial charge in [0.25, 0.3) is 5.91 Å². The van der Waals surface area contributed by atoms with Crippen molar-refractivity contribution in [1.82, 2.24) is 4.90 Å². The summed E-state index contributed by atoms with van der Waals surface area (Å²) in [7, 11) is 0. The number of nitrogens with zero attached hydrogens (tertiary/aromatic N) is 1. The smallest absolute Gasteiger partial charge is 0.253 e. The van der Waals surface area contributed by atoms with Crippen LogP contribution in [-0.4, -0.2) is 36.4 Å². The number of amides is 2. The average molecular weight is 340 g/mol.